The maximum atomic E-state index is 13.2. The van der Waals surface area contributed by atoms with Crippen molar-refractivity contribution in [2.24, 2.45) is 0 Å². The molecule has 0 fully saturated rings. The summed E-state index contributed by atoms with van der Waals surface area (Å²) in [6, 6.07) is 26.5. The molecule has 0 spiro atoms. The van der Waals surface area contributed by atoms with Crippen LogP contribution < -0.4 is 15.5 Å². The number of benzene rings is 3. The summed E-state index contributed by atoms with van der Waals surface area (Å²) in [5, 5.41) is 5.87. The molecule has 0 saturated heterocycles. The number of anilines is 2. The van der Waals surface area contributed by atoms with Crippen LogP contribution in [0.1, 0.15) is 29.3 Å². The lowest BCUT2D eigenvalue weighted by Crippen LogP contribution is -2.36. The van der Waals surface area contributed by atoms with Gasteiger partial charge in [-0.15, -0.1) is 0 Å². The molecule has 0 unspecified atom stereocenters. The lowest BCUT2D eigenvalue weighted by Gasteiger charge is -2.23. The first-order valence-electron chi connectivity index (χ1n) is 10.2. The summed E-state index contributed by atoms with van der Waals surface area (Å²) in [5.74, 6) is -0.320. The van der Waals surface area contributed by atoms with Crippen molar-refractivity contribution in [3.63, 3.8) is 0 Å². The van der Waals surface area contributed by atoms with Gasteiger partial charge in [0.25, 0.3) is 5.91 Å². The molecule has 5 nitrogen and oxygen atoms in total. The summed E-state index contributed by atoms with van der Waals surface area (Å²) in [5.41, 5.74) is 2.94. The van der Waals surface area contributed by atoms with Crippen molar-refractivity contribution in [2.45, 2.75) is 19.8 Å². The lowest BCUT2D eigenvalue weighted by atomic mass is 10.1. The van der Waals surface area contributed by atoms with E-state index in [1.807, 2.05) is 73.7 Å². The third-order valence-electron chi connectivity index (χ3n) is 4.77. The Balaban J connectivity index is 1.65. The van der Waals surface area contributed by atoms with Crippen LogP contribution in [0.2, 0.25) is 0 Å². The summed E-state index contributed by atoms with van der Waals surface area (Å²) in [4.78, 5) is 27.2. The van der Waals surface area contributed by atoms with Crippen molar-refractivity contribution >= 4 is 40.5 Å². The van der Waals surface area contributed by atoms with Crippen molar-refractivity contribution in [1.82, 2.24) is 5.32 Å². The third-order valence-corrected chi connectivity index (χ3v) is 4.98. The average Bonchev–Trinajstić information content (AvgIpc) is 2.80. The van der Waals surface area contributed by atoms with E-state index < -0.39 is 0 Å². The number of amides is 2. The maximum absolute atomic E-state index is 13.2. The second-order valence-corrected chi connectivity index (χ2v) is 7.33. The van der Waals surface area contributed by atoms with Crippen LogP contribution in [0, 0.1) is 0 Å². The number of hydrogen-bond acceptors (Lipinski definition) is 3. The highest BCUT2D eigenvalue weighted by Gasteiger charge is 2.19. The van der Waals surface area contributed by atoms with Gasteiger partial charge < -0.3 is 15.5 Å². The zero-order chi connectivity index (χ0) is 22.1. The lowest BCUT2D eigenvalue weighted by molar-refractivity contribution is -0.119. The summed E-state index contributed by atoms with van der Waals surface area (Å²) in [6.07, 6.45) is 0.955. The molecule has 0 atom stereocenters. The molecule has 0 aliphatic rings. The molecule has 0 radical (unpaired) electrons. The molecular weight excluding hydrogens is 406 g/mol. The van der Waals surface area contributed by atoms with Gasteiger partial charge in [-0.25, -0.2) is 0 Å². The van der Waals surface area contributed by atoms with Gasteiger partial charge >= 0.3 is 0 Å². The van der Waals surface area contributed by atoms with E-state index in [2.05, 4.69) is 10.6 Å². The van der Waals surface area contributed by atoms with E-state index in [0.29, 0.717) is 30.6 Å². The largest absolute Gasteiger partial charge is 0.332 e. The first-order chi connectivity index (χ1) is 15.1. The summed E-state index contributed by atoms with van der Waals surface area (Å²) < 4.78 is 0. The smallest absolute Gasteiger partial charge is 0.260 e. The van der Waals surface area contributed by atoms with Gasteiger partial charge in [0, 0.05) is 18.7 Å². The highest BCUT2D eigenvalue weighted by atomic mass is 32.1. The second-order valence-electron chi connectivity index (χ2n) is 6.92. The van der Waals surface area contributed by atoms with Crippen molar-refractivity contribution in [1.29, 1.82) is 0 Å². The summed E-state index contributed by atoms with van der Waals surface area (Å²) >= 11 is 5.31. The van der Waals surface area contributed by atoms with Crippen molar-refractivity contribution in [2.75, 3.05) is 16.8 Å². The Kier molecular flexibility index (Phi) is 7.90. The number of hydrogen-bond donors (Lipinski definition) is 2. The number of rotatable bonds is 7. The van der Waals surface area contributed by atoms with Crippen LogP contribution in [0.3, 0.4) is 0 Å². The topological polar surface area (TPSA) is 61.4 Å². The van der Waals surface area contributed by atoms with Crippen molar-refractivity contribution < 1.29 is 9.59 Å². The zero-order valence-corrected chi connectivity index (χ0v) is 18.2. The molecule has 0 bridgehead atoms. The zero-order valence-electron chi connectivity index (χ0n) is 17.4. The fourth-order valence-electron chi connectivity index (χ4n) is 3.22. The molecule has 3 aromatic rings. The highest BCUT2D eigenvalue weighted by Crippen LogP contribution is 2.21. The van der Waals surface area contributed by atoms with Gasteiger partial charge in [0.1, 0.15) is 0 Å². The van der Waals surface area contributed by atoms with Gasteiger partial charge in [0.2, 0.25) is 5.91 Å². The predicted octanol–water partition coefficient (Wildman–Crippen LogP) is 4.80. The fraction of sp³-hybridized carbons (Fsp3) is 0.160. The van der Waals surface area contributed by atoms with Crippen molar-refractivity contribution in [3.05, 3.63) is 96.1 Å². The standard InChI is InChI=1S/C25H25N3O2S/c1-2-28(20-13-7-4-8-14-20)24(30)21-15-9-10-16-22(21)26-25(31)27-23(29)18-17-19-11-5-3-6-12-19/h3-16H,2,17-18H2,1H3,(H2,26,27,29,31). The SMILES string of the molecule is CCN(C(=O)c1ccccc1NC(=S)NC(=O)CCc1ccccc1)c1ccccc1. The Morgan fingerprint density at radius 2 is 1.48 bits per heavy atom. The molecule has 0 saturated carbocycles. The number of carbonyl (C=O) groups excluding carboxylic acids is 2. The minimum Gasteiger partial charge on any atom is -0.332 e. The Bertz CT molecular complexity index is 1040. The van der Waals surface area contributed by atoms with Crippen LogP contribution in [0.15, 0.2) is 84.9 Å². The van der Waals surface area contributed by atoms with Crippen LogP contribution >= 0.6 is 12.2 Å². The third kappa shape index (κ3) is 6.23. The van der Waals surface area contributed by atoms with Gasteiger partial charge in [-0.1, -0.05) is 60.7 Å². The van der Waals surface area contributed by atoms with E-state index in [1.54, 1.807) is 23.1 Å². The molecule has 2 N–H and O–H groups in total. The molecule has 0 aromatic heterocycles. The van der Waals surface area contributed by atoms with E-state index >= 15 is 0 Å². The van der Waals surface area contributed by atoms with E-state index in [-0.39, 0.29) is 16.9 Å². The molecule has 6 heteroatoms. The van der Waals surface area contributed by atoms with E-state index in [4.69, 9.17) is 12.2 Å². The summed E-state index contributed by atoms with van der Waals surface area (Å²) in [6.45, 7) is 2.45. The Labute approximate surface area is 188 Å². The molecule has 0 aliphatic heterocycles. The quantitative estimate of drug-likeness (QED) is 0.528. The number of carbonyl (C=O) groups is 2. The first kappa shape index (κ1) is 22.2. The van der Waals surface area contributed by atoms with Gasteiger partial charge in [0.15, 0.2) is 5.11 Å². The van der Waals surface area contributed by atoms with E-state index in [1.165, 1.54) is 0 Å². The Morgan fingerprint density at radius 3 is 2.16 bits per heavy atom. The minimum atomic E-state index is -0.176. The normalized spacial score (nSPS) is 10.2. The monoisotopic (exact) mass is 431 g/mol. The molecule has 3 aromatic carbocycles. The van der Waals surface area contributed by atoms with Crippen molar-refractivity contribution in [3.8, 4) is 0 Å². The minimum absolute atomic E-state index is 0.144. The van der Waals surface area contributed by atoms with Gasteiger partial charge in [0.05, 0.1) is 11.3 Å². The van der Waals surface area contributed by atoms with Crippen LogP contribution in [0.25, 0.3) is 0 Å². The predicted molar refractivity (Wildman–Crippen MR) is 129 cm³/mol. The maximum Gasteiger partial charge on any atom is 0.260 e. The first-order valence-corrected chi connectivity index (χ1v) is 10.6. The molecule has 158 valence electrons. The molecule has 3 rings (SSSR count). The van der Waals surface area contributed by atoms with E-state index in [9.17, 15) is 9.59 Å². The van der Waals surface area contributed by atoms with E-state index in [0.717, 1.165) is 11.3 Å². The van der Waals surface area contributed by atoms with Gasteiger partial charge in [-0.3, -0.25) is 9.59 Å². The second kappa shape index (κ2) is 11.0. The number of thiocarbonyl (C=S) groups is 1. The number of nitrogens with zero attached hydrogens (tertiary/aromatic N) is 1. The molecule has 31 heavy (non-hydrogen) atoms. The van der Waals surface area contributed by atoms with Gasteiger partial charge in [-0.05, 0) is 55.4 Å². The van der Waals surface area contributed by atoms with Gasteiger partial charge in [-0.2, -0.15) is 0 Å². The molecule has 0 aliphatic carbocycles. The molecule has 2 amide bonds. The number of aryl methyl sites for hydroxylation is 1. The summed E-state index contributed by atoms with van der Waals surface area (Å²) in [7, 11) is 0. The van der Waals surface area contributed by atoms with Crippen LogP contribution in [-0.2, 0) is 11.2 Å². The molecular formula is C25H25N3O2S. The average molecular weight is 432 g/mol. The van der Waals surface area contributed by atoms with Crippen LogP contribution in [-0.4, -0.2) is 23.5 Å². The Hall–Kier alpha value is -3.51. The number of para-hydroxylation sites is 2. The fourth-order valence-corrected chi connectivity index (χ4v) is 3.44. The Morgan fingerprint density at radius 1 is 0.871 bits per heavy atom. The highest BCUT2D eigenvalue weighted by molar-refractivity contribution is 7.80. The molecule has 0 heterocycles. The number of nitrogens with one attached hydrogen (secondary N) is 2. The van der Waals surface area contributed by atoms with Crippen LogP contribution in [0.5, 0.6) is 0 Å². The van der Waals surface area contributed by atoms with Crippen LogP contribution in [0.4, 0.5) is 11.4 Å².